The molecule has 3 aliphatic rings. The summed E-state index contributed by atoms with van der Waals surface area (Å²) in [5.74, 6) is 0.827. The molecule has 2 heterocycles. The van der Waals surface area contributed by atoms with Gasteiger partial charge < -0.3 is 9.80 Å². The number of benzene rings is 1. The van der Waals surface area contributed by atoms with Gasteiger partial charge in [0.15, 0.2) is 0 Å². The summed E-state index contributed by atoms with van der Waals surface area (Å²) in [6.45, 7) is 6.08. The first-order valence-corrected chi connectivity index (χ1v) is 10.5. The van der Waals surface area contributed by atoms with Crippen molar-refractivity contribution in [2.24, 2.45) is 11.8 Å². The molecular formula is C22H31N3O2. The third kappa shape index (κ3) is 4.70. The van der Waals surface area contributed by atoms with Gasteiger partial charge in [-0.15, -0.1) is 0 Å². The minimum atomic E-state index is 0.0114. The van der Waals surface area contributed by atoms with Crippen LogP contribution in [0.15, 0.2) is 30.3 Å². The van der Waals surface area contributed by atoms with Gasteiger partial charge in [-0.1, -0.05) is 30.3 Å². The van der Waals surface area contributed by atoms with Crippen LogP contribution < -0.4 is 0 Å². The second-order valence-corrected chi connectivity index (χ2v) is 8.30. The standard InChI is InChI=1S/C22H31N3O2/c26-21(19-8-9-19)25-11-4-7-20(17-25)22(27)24-15-13-23(14-16-24)12-10-18-5-2-1-3-6-18/h1-3,5-6,19-20H,4,7-17H2/t20-/m1/s1. The quantitative estimate of drug-likeness (QED) is 0.798. The molecule has 0 bridgehead atoms. The maximum atomic E-state index is 13.0. The molecule has 1 aliphatic carbocycles. The normalized spacial score (nSPS) is 24.1. The molecule has 3 fully saturated rings. The van der Waals surface area contributed by atoms with Crippen LogP contribution in [0.25, 0.3) is 0 Å². The highest BCUT2D eigenvalue weighted by molar-refractivity contribution is 5.83. The topological polar surface area (TPSA) is 43.9 Å². The molecule has 0 radical (unpaired) electrons. The van der Waals surface area contributed by atoms with E-state index in [-0.39, 0.29) is 17.7 Å². The summed E-state index contributed by atoms with van der Waals surface area (Å²) in [5.41, 5.74) is 1.37. The molecule has 5 heteroatoms. The van der Waals surface area contributed by atoms with E-state index in [1.807, 2.05) is 9.80 Å². The summed E-state index contributed by atoms with van der Waals surface area (Å²) >= 11 is 0. The molecule has 1 saturated carbocycles. The number of hydrogen-bond donors (Lipinski definition) is 0. The maximum absolute atomic E-state index is 13.0. The molecule has 4 rings (SSSR count). The minimum absolute atomic E-state index is 0.0114. The molecule has 2 aliphatic heterocycles. The van der Waals surface area contributed by atoms with E-state index in [4.69, 9.17) is 0 Å². The van der Waals surface area contributed by atoms with E-state index < -0.39 is 0 Å². The van der Waals surface area contributed by atoms with Crippen molar-refractivity contribution < 1.29 is 9.59 Å². The van der Waals surface area contributed by atoms with Crippen LogP contribution in [0.1, 0.15) is 31.2 Å². The zero-order valence-electron chi connectivity index (χ0n) is 16.2. The summed E-state index contributed by atoms with van der Waals surface area (Å²) in [7, 11) is 0. The van der Waals surface area contributed by atoms with Crippen molar-refractivity contribution in [3.05, 3.63) is 35.9 Å². The highest BCUT2D eigenvalue weighted by Gasteiger charge is 2.37. The number of likely N-dealkylation sites (tertiary alicyclic amines) is 1. The van der Waals surface area contributed by atoms with Crippen molar-refractivity contribution >= 4 is 11.8 Å². The van der Waals surface area contributed by atoms with Crippen molar-refractivity contribution in [1.29, 1.82) is 0 Å². The number of rotatable bonds is 5. The Labute approximate surface area is 162 Å². The van der Waals surface area contributed by atoms with Crippen LogP contribution in [0.3, 0.4) is 0 Å². The van der Waals surface area contributed by atoms with Crippen molar-refractivity contribution in [3.8, 4) is 0 Å². The lowest BCUT2D eigenvalue weighted by Crippen LogP contribution is -2.53. The molecule has 0 spiro atoms. The maximum Gasteiger partial charge on any atom is 0.227 e. The second kappa shape index (κ2) is 8.42. The highest BCUT2D eigenvalue weighted by atomic mass is 16.2. The summed E-state index contributed by atoms with van der Waals surface area (Å²) in [6.07, 6.45) is 5.04. The van der Waals surface area contributed by atoms with Crippen LogP contribution in [-0.2, 0) is 16.0 Å². The smallest absolute Gasteiger partial charge is 0.227 e. The van der Waals surface area contributed by atoms with Crippen LogP contribution in [0.5, 0.6) is 0 Å². The number of carbonyl (C=O) groups is 2. The minimum Gasteiger partial charge on any atom is -0.342 e. The fourth-order valence-corrected chi connectivity index (χ4v) is 4.35. The van der Waals surface area contributed by atoms with Crippen LogP contribution >= 0.6 is 0 Å². The number of carbonyl (C=O) groups excluding carboxylic acids is 2. The fourth-order valence-electron chi connectivity index (χ4n) is 4.35. The van der Waals surface area contributed by atoms with Gasteiger partial charge in [-0.05, 0) is 37.7 Å². The summed E-state index contributed by atoms with van der Waals surface area (Å²) in [6, 6.07) is 10.6. The molecule has 27 heavy (non-hydrogen) atoms. The van der Waals surface area contributed by atoms with E-state index in [1.54, 1.807) is 0 Å². The van der Waals surface area contributed by atoms with E-state index in [9.17, 15) is 9.59 Å². The first-order valence-electron chi connectivity index (χ1n) is 10.5. The van der Waals surface area contributed by atoms with Gasteiger partial charge in [0, 0.05) is 51.7 Å². The van der Waals surface area contributed by atoms with E-state index >= 15 is 0 Å². The Balaban J connectivity index is 1.22. The molecule has 1 atom stereocenters. The third-order valence-electron chi connectivity index (χ3n) is 6.25. The molecule has 146 valence electrons. The van der Waals surface area contributed by atoms with Gasteiger partial charge in [0.05, 0.1) is 5.92 Å². The first kappa shape index (κ1) is 18.5. The third-order valence-corrected chi connectivity index (χ3v) is 6.25. The Morgan fingerprint density at radius 1 is 0.815 bits per heavy atom. The van der Waals surface area contributed by atoms with Crippen molar-refractivity contribution in [3.63, 3.8) is 0 Å². The van der Waals surface area contributed by atoms with Crippen LogP contribution in [0.4, 0.5) is 0 Å². The molecule has 2 saturated heterocycles. The van der Waals surface area contributed by atoms with Gasteiger partial charge in [-0.3, -0.25) is 14.5 Å². The van der Waals surface area contributed by atoms with Gasteiger partial charge in [-0.25, -0.2) is 0 Å². The lowest BCUT2D eigenvalue weighted by atomic mass is 9.95. The lowest BCUT2D eigenvalue weighted by Gasteiger charge is -2.39. The Morgan fingerprint density at radius 2 is 1.52 bits per heavy atom. The molecule has 5 nitrogen and oxygen atoms in total. The Morgan fingerprint density at radius 3 is 2.22 bits per heavy atom. The summed E-state index contributed by atoms with van der Waals surface area (Å²) in [5, 5.41) is 0. The van der Waals surface area contributed by atoms with Crippen molar-refractivity contribution in [1.82, 2.24) is 14.7 Å². The molecular weight excluding hydrogens is 338 g/mol. The number of hydrogen-bond acceptors (Lipinski definition) is 3. The second-order valence-electron chi connectivity index (χ2n) is 8.30. The van der Waals surface area contributed by atoms with E-state index in [2.05, 4.69) is 35.2 Å². The average molecular weight is 370 g/mol. The van der Waals surface area contributed by atoms with Gasteiger partial charge in [-0.2, -0.15) is 0 Å². The monoisotopic (exact) mass is 369 g/mol. The molecule has 0 N–H and O–H groups in total. The van der Waals surface area contributed by atoms with Crippen molar-refractivity contribution in [2.75, 3.05) is 45.8 Å². The molecule has 0 unspecified atom stereocenters. The fraction of sp³-hybridized carbons (Fsp3) is 0.636. The van der Waals surface area contributed by atoms with Gasteiger partial charge in [0.2, 0.25) is 11.8 Å². The van der Waals surface area contributed by atoms with Gasteiger partial charge in [0.1, 0.15) is 0 Å². The predicted molar refractivity (Wildman–Crippen MR) is 105 cm³/mol. The number of amides is 2. The van der Waals surface area contributed by atoms with E-state index in [0.29, 0.717) is 12.5 Å². The summed E-state index contributed by atoms with van der Waals surface area (Å²) < 4.78 is 0. The first-order chi connectivity index (χ1) is 13.2. The Hall–Kier alpha value is -1.88. The van der Waals surface area contributed by atoms with Crippen LogP contribution in [0.2, 0.25) is 0 Å². The van der Waals surface area contributed by atoms with Gasteiger partial charge in [0.25, 0.3) is 0 Å². The zero-order valence-corrected chi connectivity index (χ0v) is 16.2. The SMILES string of the molecule is O=C(C1CC1)N1CCC[C@@H](C(=O)N2CCN(CCc3ccccc3)CC2)C1. The Kier molecular flexibility index (Phi) is 5.77. The molecule has 2 amide bonds. The molecule has 1 aromatic rings. The number of piperazine rings is 1. The van der Waals surface area contributed by atoms with Crippen LogP contribution in [-0.4, -0.2) is 72.3 Å². The van der Waals surface area contributed by atoms with E-state index in [0.717, 1.165) is 71.4 Å². The highest BCUT2D eigenvalue weighted by Crippen LogP contribution is 2.32. The zero-order chi connectivity index (χ0) is 18.6. The van der Waals surface area contributed by atoms with Gasteiger partial charge >= 0.3 is 0 Å². The average Bonchev–Trinajstić information content (AvgIpc) is 3.58. The molecule has 1 aromatic carbocycles. The van der Waals surface area contributed by atoms with Crippen LogP contribution in [0, 0.1) is 11.8 Å². The lowest BCUT2D eigenvalue weighted by molar-refractivity contribution is -0.142. The largest absolute Gasteiger partial charge is 0.342 e. The molecule has 0 aromatic heterocycles. The number of nitrogens with zero attached hydrogens (tertiary/aromatic N) is 3. The Bertz CT molecular complexity index is 651. The summed E-state index contributed by atoms with van der Waals surface area (Å²) in [4.78, 5) is 31.7. The van der Waals surface area contributed by atoms with Crippen molar-refractivity contribution in [2.45, 2.75) is 32.1 Å². The number of piperidine rings is 1. The van der Waals surface area contributed by atoms with E-state index in [1.165, 1.54) is 5.56 Å². The predicted octanol–water partition coefficient (Wildman–Crippen LogP) is 2.02.